The average Bonchev–Trinajstić information content (AvgIpc) is 3.97. The summed E-state index contributed by atoms with van der Waals surface area (Å²) in [6.45, 7) is 9.77. The topological polar surface area (TPSA) is 270 Å². The van der Waals surface area contributed by atoms with Crippen molar-refractivity contribution in [3.8, 4) is 6.07 Å². The number of nitriles is 1. The van der Waals surface area contributed by atoms with Crippen LogP contribution in [0.2, 0.25) is 5.04 Å². The number of H-pyrrole nitrogens is 2. The first kappa shape index (κ1) is 56.1. The third-order valence-electron chi connectivity index (χ3n) is 12.9. The van der Waals surface area contributed by atoms with Gasteiger partial charge in [0.15, 0.2) is 0 Å². The molecule has 0 spiro atoms. The standard InChI is InChI=1S/C51H62N5O15PSSi/c1-34-22-24-37(25-23-34)73(63,64)66-28-15-9-14-21-40(69-72(62,65-27-16-26-52)70-41-29-44(67-43(41)33-57)55-31-35(2)47(58)53-49(55)60)46-42(30-45(68-46)56-32-36(3)48(59)54-50(56)61)71-74(51(4,5)6,38-17-10-7-11-18-38)39-19-12-8-13-20-39/h7-14,17-20,22-25,31-32,40-46,57H,15-16,21,27-30,33H2,1-6H3,(H,53,58,60)(H,54,59,61)/b14-9+/t40-,41-,42-,43+,44+,45+,46+,72?/m0/s1. The van der Waals surface area contributed by atoms with Crippen LogP contribution in [0.3, 0.4) is 0 Å². The predicted octanol–water partition coefficient (Wildman–Crippen LogP) is 5.08. The Balaban J connectivity index is 1.31. The van der Waals surface area contributed by atoms with Gasteiger partial charge in [0, 0.05) is 36.4 Å². The third-order valence-corrected chi connectivity index (χ3v) is 20.8. The van der Waals surface area contributed by atoms with E-state index in [1.807, 2.05) is 73.7 Å². The van der Waals surface area contributed by atoms with Gasteiger partial charge in [-0.25, -0.2) is 14.2 Å². The summed E-state index contributed by atoms with van der Waals surface area (Å²) in [6.07, 6.45) is -2.68. The van der Waals surface area contributed by atoms with E-state index in [0.717, 1.165) is 20.5 Å². The number of aliphatic hydroxyl groups excluding tert-OH is 1. The van der Waals surface area contributed by atoms with Gasteiger partial charge in [0.1, 0.15) is 36.9 Å². The maximum atomic E-state index is 15.4. The first-order chi connectivity index (χ1) is 35.2. The number of phosphoric acid groups is 1. The predicted molar refractivity (Wildman–Crippen MR) is 275 cm³/mol. The van der Waals surface area contributed by atoms with Crippen LogP contribution in [0.4, 0.5) is 0 Å². The molecule has 74 heavy (non-hydrogen) atoms. The highest BCUT2D eigenvalue weighted by Gasteiger charge is 2.56. The fourth-order valence-electron chi connectivity index (χ4n) is 9.15. The monoisotopic (exact) mass is 1080 g/mol. The minimum atomic E-state index is -4.93. The van der Waals surface area contributed by atoms with Gasteiger partial charge in [-0.2, -0.15) is 13.7 Å². The lowest BCUT2D eigenvalue weighted by atomic mass is 10.0. The van der Waals surface area contributed by atoms with Crippen LogP contribution in [0.15, 0.2) is 134 Å². The minimum Gasteiger partial charge on any atom is -0.402 e. The summed E-state index contributed by atoms with van der Waals surface area (Å²) in [6, 6.07) is 27.7. The fraction of sp³-hybridized carbons (Fsp3) is 0.431. The molecule has 23 heteroatoms. The van der Waals surface area contributed by atoms with Crippen molar-refractivity contribution in [2.45, 2.75) is 127 Å². The largest absolute Gasteiger partial charge is 0.475 e. The Labute approximate surface area is 429 Å². The van der Waals surface area contributed by atoms with Crippen LogP contribution in [0.5, 0.6) is 0 Å². The van der Waals surface area contributed by atoms with Crippen LogP contribution in [-0.2, 0) is 46.3 Å². The van der Waals surface area contributed by atoms with Gasteiger partial charge in [-0.1, -0.05) is 111 Å². The lowest BCUT2D eigenvalue weighted by Gasteiger charge is -2.45. The van der Waals surface area contributed by atoms with E-state index < -0.39 is 110 Å². The second kappa shape index (κ2) is 23.9. The minimum absolute atomic E-state index is 0.00681. The summed E-state index contributed by atoms with van der Waals surface area (Å²) in [4.78, 5) is 56.0. The number of benzene rings is 3. The van der Waals surface area contributed by atoms with Gasteiger partial charge >= 0.3 is 19.2 Å². The molecule has 0 aliphatic carbocycles. The Morgan fingerprint density at radius 2 is 1.38 bits per heavy atom. The number of hydrogen-bond acceptors (Lipinski definition) is 16. The third kappa shape index (κ3) is 12.9. The highest BCUT2D eigenvalue weighted by molar-refractivity contribution is 7.86. The Morgan fingerprint density at radius 1 is 0.824 bits per heavy atom. The zero-order valence-corrected chi connectivity index (χ0v) is 44.7. The second-order valence-electron chi connectivity index (χ2n) is 19.2. The number of nitrogens with one attached hydrogen (secondary N) is 2. The molecular weight excluding hydrogens is 1010 g/mol. The van der Waals surface area contributed by atoms with E-state index >= 15 is 4.57 Å². The molecular formula is C51H62N5O15PSSi. The van der Waals surface area contributed by atoms with E-state index in [-0.39, 0.29) is 54.7 Å². The van der Waals surface area contributed by atoms with Crippen molar-refractivity contribution in [2.75, 3.05) is 19.8 Å². The number of aromatic amines is 2. The molecule has 8 atom stereocenters. The van der Waals surface area contributed by atoms with Crippen LogP contribution in [0.1, 0.15) is 82.0 Å². The molecule has 5 aromatic rings. The molecule has 2 aromatic heterocycles. The van der Waals surface area contributed by atoms with Crippen molar-refractivity contribution in [3.63, 3.8) is 0 Å². The van der Waals surface area contributed by atoms with Crippen LogP contribution < -0.4 is 32.9 Å². The molecule has 20 nitrogen and oxygen atoms in total. The molecule has 0 bridgehead atoms. The molecule has 2 aliphatic heterocycles. The van der Waals surface area contributed by atoms with Crippen LogP contribution in [0, 0.1) is 32.1 Å². The Kier molecular flexibility index (Phi) is 18.1. The quantitative estimate of drug-likeness (QED) is 0.0268. The smallest absolute Gasteiger partial charge is 0.402 e. The summed E-state index contributed by atoms with van der Waals surface area (Å²) >= 11 is 0. The molecule has 0 radical (unpaired) electrons. The highest BCUT2D eigenvalue weighted by atomic mass is 32.2. The first-order valence-corrected chi connectivity index (χ1v) is 28.9. The molecule has 0 amide bonds. The Morgan fingerprint density at radius 3 is 1.92 bits per heavy atom. The van der Waals surface area contributed by atoms with Gasteiger partial charge in [0.05, 0.1) is 43.3 Å². The van der Waals surface area contributed by atoms with E-state index in [2.05, 4.69) is 30.7 Å². The van der Waals surface area contributed by atoms with E-state index in [4.69, 9.17) is 31.7 Å². The van der Waals surface area contributed by atoms with Crippen molar-refractivity contribution in [2.24, 2.45) is 0 Å². The maximum absolute atomic E-state index is 15.4. The molecule has 2 aliphatic rings. The number of hydrogen-bond donors (Lipinski definition) is 3. The number of aromatic nitrogens is 4. The molecule has 2 fully saturated rings. The summed E-state index contributed by atoms with van der Waals surface area (Å²) in [5, 5.41) is 21.3. The van der Waals surface area contributed by atoms with E-state index in [0.29, 0.717) is 0 Å². The van der Waals surface area contributed by atoms with Crippen molar-refractivity contribution < 1.29 is 49.7 Å². The molecule has 3 N–H and O–H groups in total. The summed E-state index contributed by atoms with van der Waals surface area (Å²) in [5.41, 5.74) is -1.45. The molecule has 0 saturated carbocycles. The highest BCUT2D eigenvalue weighted by Crippen LogP contribution is 2.56. The van der Waals surface area contributed by atoms with Gasteiger partial charge in [0.25, 0.3) is 29.6 Å². The van der Waals surface area contributed by atoms with Gasteiger partial charge in [-0.05, 0) is 61.2 Å². The summed E-state index contributed by atoms with van der Waals surface area (Å²) < 4.78 is 88.5. The zero-order valence-electron chi connectivity index (χ0n) is 42.0. The SMILES string of the molecule is Cc1ccc(S(=O)(=O)OCC/C=C/C[C@H](OP(=O)(OCCC#N)O[C@H]2C[C@H](n3cc(C)c(=O)[nH]c3=O)O[C@@H]2CO)[C@H]2O[C@@H](n3cc(C)c(=O)[nH]c3=O)C[C@@H]2O[Si](c2ccccc2)(c2ccccc2)C(C)(C)C)cc1. The van der Waals surface area contributed by atoms with E-state index in [1.165, 1.54) is 36.0 Å². The number of aryl methyl sites for hydroxylation is 3. The number of rotatable bonds is 22. The lowest BCUT2D eigenvalue weighted by molar-refractivity contribution is -0.0865. The average molecular weight is 1080 g/mol. The first-order valence-electron chi connectivity index (χ1n) is 24.1. The summed E-state index contributed by atoms with van der Waals surface area (Å²) in [7, 11) is -12.5. The molecule has 1 unspecified atom stereocenters. The number of ether oxygens (including phenoxy) is 2. The van der Waals surface area contributed by atoms with Crippen molar-refractivity contribution in [1.82, 2.24) is 19.1 Å². The summed E-state index contributed by atoms with van der Waals surface area (Å²) in [5.74, 6) is 0. The van der Waals surface area contributed by atoms with Crippen molar-refractivity contribution in [1.29, 1.82) is 5.26 Å². The van der Waals surface area contributed by atoms with E-state index in [9.17, 15) is 38.0 Å². The van der Waals surface area contributed by atoms with Crippen molar-refractivity contribution in [3.05, 3.63) is 168 Å². The molecule has 2 saturated heterocycles. The lowest BCUT2D eigenvalue weighted by Crippen LogP contribution is -2.68. The maximum Gasteiger partial charge on any atom is 0.475 e. The Hall–Kier alpha value is -5.67. The van der Waals surface area contributed by atoms with Crippen LogP contribution in [0.25, 0.3) is 0 Å². The number of phosphoric ester groups is 1. The second-order valence-corrected chi connectivity index (χ2v) is 26.6. The zero-order chi connectivity index (χ0) is 53.4. The van der Waals surface area contributed by atoms with Crippen LogP contribution in [-0.4, -0.2) is 91.3 Å². The van der Waals surface area contributed by atoms with Gasteiger partial charge < -0.3 is 19.0 Å². The molecule has 7 rings (SSSR count). The van der Waals surface area contributed by atoms with Gasteiger partial charge in [0.2, 0.25) is 0 Å². The fourth-order valence-corrected chi connectivity index (χ4v) is 16.3. The molecule has 3 aromatic carbocycles. The molecule has 4 heterocycles. The van der Waals surface area contributed by atoms with E-state index in [1.54, 1.807) is 31.2 Å². The Bertz CT molecular complexity index is 3170. The number of nitrogens with zero attached hydrogens (tertiary/aromatic N) is 3. The van der Waals surface area contributed by atoms with Crippen LogP contribution >= 0.6 is 7.82 Å². The van der Waals surface area contributed by atoms with Gasteiger partial charge in [-0.3, -0.25) is 46.4 Å². The molecule has 396 valence electrons. The van der Waals surface area contributed by atoms with Gasteiger partial charge in [-0.15, -0.1) is 0 Å². The normalized spacial score (nSPS) is 21.6. The van der Waals surface area contributed by atoms with Crippen molar-refractivity contribution >= 4 is 36.6 Å². The number of aliphatic hydroxyl groups is 1.